The number of benzene rings is 2. The standard InChI is InChI=1S/C15H12NOPS/c17-18(15-11-16-12-19-15,13-7-3-1-4-8-13)14-9-5-2-6-10-14/h1-12H. The van der Waals surface area contributed by atoms with E-state index < -0.39 is 7.14 Å². The van der Waals surface area contributed by atoms with Gasteiger partial charge < -0.3 is 4.57 Å². The van der Waals surface area contributed by atoms with Gasteiger partial charge in [-0.2, -0.15) is 0 Å². The van der Waals surface area contributed by atoms with Crippen LogP contribution in [0.2, 0.25) is 0 Å². The summed E-state index contributed by atoms with van der Waals surface area (Å²) < 4.78 is 14.5. The molecule has 4 heteroatoms. The molecule has 0 aliphatic heterocycles. The third-order valence-electron chi connectivity index (χ3n) is 2.97. The minimum atomic E-state index is -2.77. The van der Waals surface area contributed by atoms with E-state index in [2.05, 4.69) is 4.98 Å². The molecule has 3 rings (SSSR count). The Morgan fingerprint density at radius 3 is 1.79 bits per heavy atom. The van der Waals surface area contributed by atoms with Gasteiger partial charge in [-0.05, 0) is 0 Å². The summed E-state index contributed by atoms with van der Waals surface area (Å²) in [6.45, 7) is 0. The molecule has 1 aromatic heterocycles. The van der Waals surface area contributed by atoms with Gasteiger partial charge in [0.05, 0.1) is 10.1 Å². The van der Waals surface area contributed by atoms with Gasteiger partial charge in [0.15, 0.2) is 7.14 Å². The van der Waals surface area contributed by atoms with Gasteiger partial charge in [0.25, 0.3) is 0 Å². The monoisotopic (exact) mass is 285 g/mol. The molecule has 2 nitrogen and oxygen atoms in total. The highest BCUT2D eigenvalue weighted by Crippen LogP contribution is 2.43. The maximum absolute atomic E-state index is 13.6. The molecule has 0 amide bonds. The molecule has 0 spiro atoms. The van der Waals surface area contributed by atoms with Gasteiger partial charge >= 0.3 is 0 Å². The molecule has 19 heavy (non-hydrogen) atoms. The minimum absolute atomic E-state index is 0.824. The molecule has 0 aliphatic rings. The highest BCUT2D eigenvalue weighted by atomic mass is 32.1. The molecule has 0 N–H and O–H groups in total. The van der Waals surface area contributed by atoms with Crippen molar-refractivity contribution in [1.29, 1.82) is 0 Å². The second-order valence-electron chi connectivity index (χ2n) is 4.12. The smallest absolute Gasteiger partial charge is 0.182 e. The molecule has 1 heterocycles. The predicted molar refractivity (Wildman–Crippen MR) is 81.5 cm³/mol. The zero-order chi connectivity index (χ0) is 13.1. The van der Waals surface area contributed by atoms with E-state index in [-0.39, 0.29) is 0 Å². The van der Waals surface area contributed by atoms with Gasteiger partial charge in [0.2, 0.25) is 0 Å². The third-order valence-corrected chi connectivity index (χ3v) is 7.42. The number of rotatable bonds is 3. The van der Waals surface area contributed by atoms with Crippen LogP contribution in [0.1, 0.15) is 0 Å². The van der Waals surface area contributed by atoms with E-state index in [1.165, 1.54) is 11.3 Å². The number of aromatic nitrogens is 1. The van der Waals surface area contributed by atoms with Crippen LogP contribution in [0, 0.1) is 0 Å². The molecule has 0 aliphatic carbocycles. The number of nitrogens with zero attached hydrogens (tertiary/aromatic N) is 1. The molecule has 0 saturated carbocycles. The average Bonchev–Trinajstić information content (AvgIpc) is 3.03. The summed E-state index contributed by atoms with van der Waals surface area (Å²) >= 11 is 1.45. The number of thiazole rings is 1. The number of hydrogen-bond donors (Lipinski definition) is 0. The fourth-order valence-corrected chi connectivity index (χ4v) is 5.98. The van der Waals surface area contributed by atoms with Crippen molar-refractivity contribution in [3.63, 3.8) is 0 Å². The number of hydrogen-bond acceptors (Lipinski definition) is 3. The second-order valence-corrected chi connectivity index (χ2v) is 8.04. The van der Waals surface area contributed by atoms with Gasteiger partial charge in [-0.3, -0.25) is 4.98 Å². The lowest BCUT2D eigenvalue weighted by Gasteiger charge is -2.17. The summed E-state index contributed by atoms with van der Waals surface area (Å²) in [5, 5.41) is 1.70. The van der Waals surface area contributed by atoms with E-state index in [4.69, 9.17) is 0 Å². The van der Waals surface area contributed by atoms with Crippen LogP contribution in [0.3, 0.4) is 0 Å². The Balaban J connectivity index is 2.26. The highest BCUT2D eigenvalue weighted by Gasteiger charge is 2.30. The first-order valence-corrected chi connectivity index (χ1v) is 8.51. The average molecular weight is 285 g/mol. The van der Waals surface area contributed by atoms with E-state index in [1.54, 1.807) is 11.7 Å². The van der Waals surface area contributed by atoms with Crippen molar-refractivity contribution < 1.29 is 4.57 Å². The Hall–Kier alpha value is -1.70. The lowest BCUT2D eigenvalue weighted by molar-refractivity contribution is 0.593. The van der Waals surface area contributed by atoms with Gasteiger partial charge in [-0.1, -0.05) is 60.7 Å². The Labute approximate surface area is 116 Å². The SMILES string of the molecule is O=P(c1ccccc1)(c1ccccc1)c1cncs1. The summed E-state index contributed by atoms with van der Waals surface area (Å²) in [6.07, 6.45) is 1.71. The quantitative estimate of drug-likeness (QED) is 0.693. The fourth-order valence-electron chi connectivity index (χ4n) is 2.04. The molecule has 0 radical (unpaired) electrons. The van der Waals surface area contributed by atoms with Crippen molar-refractivity contribution in [2.75, 3.05) is 0 Å². The van der Waals surface area contributed by atoms with Crippen molar-refractivity contribution in [1.82, 2.24) is 4.98 Å². The molecule has 0 atom stereocenters. The molecule has 0 bridgehead atoms. The van der Waals surface area contributed by atoms with Crippen molar-refractivity contribution in [2.24, 2.45) is 0 Å². The summed E-state index contributed by atoms with van der Waals surface area (Å²) in [5.74, 6) is 0. The van der Waals surface area contributed by atoms with E-state index in [1.807, 2.05) is 60.7 Å². The Morgan fingerprint density at radius 1 is 0.842 bits per heavy atom. The van der Waals surface area contributed by atoms with Crippen LogP contribution in [-0.2, 0) is 4.57 Å². The van der Waals surface area contributed by atoms with Gasteiger partial charge in [0, 0.05) is 16.8 Å². The highest BCUT2D eigenvalue weighted by molar-refractivity contribution is 7.89. The largest absolute Gasteiger partial charge is 0.308 e. The second kappa shape index (κ2) is 5.12. The third kappa shape index (κ3) is 2.16. The Kier molecular flexibility index (Phi) is 3.33. The zero-order valence-corrected chi connectivity index (χ0v) is 11.9. The first-order chi connectivity index (χ1) is 9.32. The lowest BCUT2D eigenvalue weighted by Crippen LogP contribution is -2.23. The van der Waals surface area contributed by atoms with Crippen LogP contribution in [0.15, 0.2) is 72.4 Å². The van der Waals surface area contributed by atoms with Crippen molar-refractivity contribution in [3.05, 3.63) is 72.4 Å². The van der Waals surface area contributed by atoms with Crippen LogP contribution in [-0.4, -0.2) is 4.98 Å². The maximum Gasteiger partial charge on any atom is 0.182 e. The van der Waals surface area contributed by atoms with Crippen LogP contribution >= 0.6 is 18.5 Å². The first-order valence-electron chi connectivity index (χ1n) is 5.92. The fraction of sp³-hybridized carbons (Fsp3) is 0. The minimum Gasteiger partial charge on any atom is -0.308 e. The maximum atomic E-state index is 13.6. The van der Waals surface area contributed by atoms with E-state index in [0.717, 1.165) is 15.2 Å². The molecule has 0 fully saturated rings. The summed E-state index contributed by atoms with van der Waals surface area (Å²) in [7, 11) is -2.77. The lowest BCUT2D eigenvalue weighted by atomic mass is 10.4. The molecule has 0 saturated heterocycles. The molecule has 94 valence electrons. The van der Waals surface area contributed by atoms with Crippen molar-refractivity contribution in [3.8, 4) is 0 Å². The molecular weight excluding hydrogens is 273 g/mol. The normalized spacial score (nSPS) is 11.4. The van der Waals surface area contributed by atoms with Crippen LogP contribution in [0.5, 0.6) is 0 Å². The van der Waals surface area contributed by atoms with E-state index in [0.29, 0.717) is 0 Å². The Bertz CT molecular complexity index is 652. The molecule has 2 aromatic carbocycles. The van der Waals surface area contributed by atoms with Crippen LogP contribution < -0.4 is 15.2 Å². The van der Waals surface area contributed by atoms with Gasteiger partial charge in [0.1, 0.15) is 0 Å². The summed E-state index contributed by atoms with van der Waals surface area (Å²) in [6, 6.07) is 19.3. The molecular formula is C15H12NOPS. The van der Waals surface area contributed by atoms with Crippen LogP contribution in [0.25, 0.3) is 0 Å². The predicted octanol–water partition coefficient (Wildman–Crippen LogP) is 2.78. The summed E-state index contributed by atoms with van der Waals surface area (Å²) in [4.78, 5) is 4.09. The van der Waals surface area contributed by atoms with Gasteiger partial charge in [-0.15, -0.1) is 11.3 Å². The van der Waals surface area contributed by atoms with E-state index >= 15 is 0 Å². The van der Waals surface area contributed by atoms with E-state index in [9.17, 15) is 4.57 Å². The zero-order valence-electron chi connectivity index (χ0n) is 10.1. The van der Waals surface area contributed by atoms with Crippen molar-refractivity contribution in [2.45, 2.75) is 0 Å². The van der Waals surface area contributed by atoms with Crippen molar-refractivity contribution >= 4 is 33.7 Å². The first kappa shape index (κ1) is 12.3. The van der Waals surface area contributed by atoms with Gasteiger partial charge in [-0.25, -0.2) is 0 Å². The molecule has 3 aromatic rings. The topological polar surface area (TPSA) is 30.0 Å². The molecule has 0 unspecified atom stereocenters. The Morgan fingerprint density at radius 2 is 1.37 bits per heavy atom. The summed E-state index contributed by atoms with van der Waals surface area (Å²) in [5.41, 5.74) is 1.73. The van der Waals surface area contributed by atoms with Crippen LogP contribution in [0.4, 0.5) is 0 Å².